The van der Waals surface area contributed by atoms with E-state index >= 15 is 0 Å². The second kappa shape index (κ2) is 8.90. The number of amides is 2. The summed E-state index contributed by atoms with van der Waals surface area (Å²) in [6.45, 7) is 5.11. The molecule has 0 bridgehead atoms. The second-order valence-corrected chi connectivity index (χ2v) is 7.55. The molecule has 0 saturated carbocycles. The monoisotopic (exact) mass is 408 g/mol. The summed E-state index contributed by atoms with van der Waals surface area (Å²) >= 11 is 0. The van der Waals surface area contributed by atoms with Gasteiger partial charge in [0.15, 0.2) is 6.10 Å². The van der Waals surface area contributed by atoms with Gasteiger partial charge in [0.25, 0.3) is 0 Å². The van der Waals surface area contributed by atoms with Crippen LogP contribution < -0.4 is 10.6 Å². The molecule has 1 atom stereocenters. The van der Waals surface area contributed by atoms with Crippen molar-refractivity contribution in [3.05, 3.63) is 59.2 Å². The highest BCUT2D eigenvalue weighted by molar-refractivity contribution is 6.02. The minimum atomic E-state index is -0.968. The minimum Gasteiger partial charge on any atom is -0.451 e. The van der Waals surface area contributed by atoms with Gasteiger partial charge in [-0.2, -0.15) is 0 Å². The van der Waals surface area contributed by atoms with Crippen LogP contribution in [0.3, 0.4) is 0 Å². The molecular weight excluding hydrogens is 384 g/mol. The molecule has 1 aliphatic heterocycles. The minimum absolute atomic E-state index is 0.0492. The number of benzene rings is 2. The number of hydrogen-bond acceptors (Lipinski definition) is 5. The Balaban J connectivity index is 1.63. The number of carbonyl (C=O) groups excluding carboxylic acids is 4. The molecule has 0 radical (unpaired) electrons. The highest BCUT2D eigenvalue weighted by Crippen LogP contribution is 2.24. The first kappa shape index (κ1) is 21.2. The lowest BCUT2D eigenvalue weighted by molar-refractivity contribution is -0.119. The van der Waals surface area contributed by atoms with Crippen LogP contribution in [0.25, 0.3) is 0 Å². The maximum Gasteiger partial charge on any atom is 0.338 e. The zero-order valence-electron chi connectivity index (χ0n) is 17.2. The number of carbonyl (C=O) groups is 4. The van der Waals surface area contributed by atoms with Gasteiger partial charge >= 0.3 is 5.97 Å². The van der Waals surface area contributed by atoms with E-state index in [4.69, 9.17) is 4.74 Å². The zero-order chi connectivity index (χ0) is 21.8. The van der Waals surface area contributed by atoms with Crippen LogP contribution in [0.2, 0.25) is 0 Å². The van der Waals surface area contributed by atoms with Crippen molar-refractivity contribution in [1.29, 1.82) is 0 Å². The number of ether oxygens (including phenoxy) is 1. The largest absolute Gasteiger partial charge is 0.451 e. The summed E-state index contributed by atoms with van der Waals surface area (Å²) < 4.78 is 5.35. The number of nitrogens with one attached hydrogen (secondary N) is 2. The van der Waals surface area contributed by atoms with Crippen molar-refractivity contribution in [2.75, 3.05) is 10.6 Å². The first-order chi connectivity index (χ1) is 14.2. The predicted octanol–water partition coefficient (Wildman–Crippen LogP) is 3.59. The van der Waals surface area contributed by atoms with Crippen molar-refractivity contribution >= 4 is 34.9 Å². The van der Waals surface area contributed by atoms with Gasteiger partial charge < -0.3 is 15.4 Å². The van der Waals surface area contributed by atoms with E-state index < -0.39 is 12.1 Å². The van der Waals surface area contributed by atoms with Gasteiger partial charge in [-0.15, -0.1) is 0 Å². The number of aryl methyl sites for hydroxylation is 1. The SMILES string of the molecule is CC(C)C(=O)Nc1ccc(C(=O)C(C)OC(=O)c2ccc3c(c2)CCC(=O)N3)cc1. The molecule has 1 heterocycles. The van der Waals surface area contributed by atoms with Crippen LogP contribution in [0.15, 0.2) is 42.5 Å². The molecule has 1 aliphatic rings. The van der Waals surface area contributed by atoms with Crippen LogP contribution in [-0.2, 0) is 20.7 Å². The van der Waals surface area contributed by atoms with Gasteiger partial charge in [0, 0.05) is 29.3 Å². The van der Waals surface area contributed by atoms with E-state index in [0.717, 1.165) is 5.56 Å². The zero-order valence-corrected chi connectivity index (χ0v) is 17.2. The van der Waals surface area contributed by atoms with E-state index in [9.17, 15) is 19.2 Å². The molecular formula is C23H24N2O5. The smallest absolute Gasteiger partial charge is 0.338 e. The Bertz CT molecular complexity index is 995. The molecule has 1 unspecified atom stereocenters. The number of rotatable bonds is 6. The van der Waals surface area contributed by atoms with Crippen molar-refractivity contribution in [1.82, 2.24) is 0 Å². The van der Waals surface area contributed by atoms with Gasteiger partial charge in [0.2, 0.25) is 17.6 Å². The van der Waals surface area contributed by atoms with Crippen LogP contribution in [0.1, 0.15) is 53.5 Å². The Labute approximate surface area is 174 Å². The van der Waals surface area contributed by atoms with E-state index in [0.29, 0.717) is 35.3 Å². The number of anilines is 2. The van der Waals surface area contributed by atoms with E-state index in [1.807, 2.05) is 0 Å². The van der Waals surface area contributed by atoms with E-state index in [-0.39, 0.29) is 23.5 Å². The molecule has 7 nitrogen and oxygen atoms in total. The van der Waals surface area contributed by atoms with Gasteiger partial charge in [0.05, 0.1) is 5.56 Å². The van der Waals surface area contributed by atoms with E-state index in [2.05, 4.69) is 10.6 Å². The van der Waals surface area contributed by atoms with Crippen LogP contribution in [0, 0.1) is 5.92 Å². The number of Topliss-reactive ketones (excluding diaryl/α,β-unsaturated/α-hetero) is 1. The topological polar surface area (TPSA) is 102 Å². The van der Waals surface area contributed by atoms with Gasteiger partial charge in [-0.05, 0) is 61.4 Å². The van der Waals surface area contributed by atoms with Crippen LogP contribution >= 0.6 is 0 Å². The van der Waals surface area contributed by atoms with Crippen molar-refractivity contribution in [2.24, 2.45) is 5.92 Å². The lowest BCUT2D eigenvalue weighted by Crippen LogP contribution is -2.25. The van der Waals surface area contributed by atoms with Crippen molar-refractivity contribution in [2.45, 2.75) is 39.7 Å². The molecule has 0 aliphatic carbocycles. The Morgan fingerprint density at radius 3 is 2.30 bits per heavy atom. The number of ketones is 1. The molecule has 30 heavy (non-hydrogen) atoms. The molecule has 2 N–H and O–H groups in total. The quantitative estimate of drug-likeness (QED) is 0.562. The second-order valence-electron chi connectivity index (χ2n) is 7.55. The third-order valence-corrected chi connectivity index (χ3v) is 4.85. The number of fused-ring (bicyclic) bond motifs is 1. The average molecular weight is 408 g/mol. The lowest BCUT2D eigenvalue weighted by Gasteiger charge is -2.18. The van der Waals surface area contributed by atoms with Crippen molar-refractivity contribution in [3.63, 3.8) is 0 Å². The van der Waals surface area contributed by atoms with Crippen LogP contribution in [-0.4, -0.2) is 29.7 Å². The number of esters is 1. The Morgan fingerprint density at radius 1 is 0.967 bits per heavy atom. The third kappa shape index (κ3) is 4.92. The summed E-state index contributed by atoms with van der Waals surface area (Å²) in [6.07, 6.45) is -0.0471. The summed E-state index contributed by atoms with van der Waals surface area (Å²) in [6, 6.07) is 11.4. The maximum atomic E-state index is 12.6. The van der Waals surface area contributed by atoms with Crippen molar-refractivity contribution < 1.29 is 23.9 Å². The predicted molar refractivity (Wildman–Crippen MR) is 113 cm³/mol. The average Bonchev–Trinajstić information content (AvgIpc) is 2.73. The molecule has 2 aromatic rings. The summed E-state index contributed by atoms with van der Waals surface area (Å²) in [7, 11) is 0. The summed E-state index contributed by atoms with van der Waals surface area (Å²) in [5.41, 5.74) is 2.86. The summed E-state index contributed by atoms with van der Waals surface area (Å²) in [5.74, 6) is -1.25. The molecule has 0 saturated heterocycles. The fourth-order valence-electron chi connectivity index (χ4n) is 3.03. The Kier molecular flexibility index (Phi) is 6.30. The Morgan fingerprint density at radius 2 is 1.63 bits per heavy atom. The van der Waals surface area contributed by atoms with Gasteiger partial charge in [-0.3, -0.25) is 14.4 Å². The van der Waals surface area contributed by atoms with E-state index in [1.165, 1.54) is 6.92 Å². The van der Waals surface area contributed by atoms with Crippen LogP contribution in [0.4, 0.5) is 11.4 Å². The molecule has 2 amide bonds. The summed E-state index contributed by atoms with van der Waals surface area (Å²) in [5, 5.41) is 5.51. The van der Waals surface area contributed by atoms with Gasteiger partial charge in [0.1, 0.15) is 0 Å². The molecule has 0 aromatic heterocycles. The van der Waals surface area contributed by atoms with E-state index in [1.54, 1.807) is 56.3 Å². The molecule has 0 fully saturated rings. The van der Waals surface area contributed by atoms with Crippen molar-refractivity contribution in [3.8, 4) is 0 Å². The first-order valence-corrected chi connectivity index (χ1v) is 9.83. The fourth-order valence-corrected chi connectivity index (χ4v) is 3.03. The molecule has 7 heteroatoms. The lowest BCUT2D eigenvalue weighted by atomic mass is 10.0. The molecule has 3 rings (SSSR count). The molecule has 2 aromatic carbocycles. The van der Waals surface area contributed by atoms with Gasteiger partial charge in [-0.1, -0.05) is 13.8 Å². The van der Waals surface area contributed by atoms with Crippen LogP contribution in [0.5, 0.6) is 0 Å². The molecule has 0 spiro atoms. The van der Waals surface area contributed by atoms with Gasteiger partial charge in [-0.25, -0.2) is 4.79 Å². The summed E-state index contributed by atoms with van der Waals surface area (Å²) in [4.78, 5) is 48.3. The molecule has 156 valence electrons. The fraction of sp³-hybridized carbons (Fsp3) is 0.304. The standard InChI is InChI=1S/C23H24N2O5/c1-13(2)22(28)24-18-8-4-15(5-9-18)21(27)14(3)30-23(29)17-6-10-19-16(12-17)7-11-20(26)25-19/h4-6,8-10,12-14H,7,11H2,1-3H3,(H,24,28)(H,25,26). The highest BCUT2D eigenvalue weighted by atomic mass is 16.5. The third-order valence-electron chi connectivity index (χ3n) is 4.85. The number of hydrogen-bond donors (Lipinski definition) is 2. The normalized spacial score (nSPS) is 13.8. The highest BCUT2D eigenvalue weighted by Gasteiger charge is 2.22. The first-order valence-electron chi connectivity index (χ1n) is 9.83. The maximum absolute atomic E-state index is 12.6. The Hall–Kier alpha value is -3.48.